The molecule has 0 aromatic rings. The van der Waals surface area contributed by atoms with Gasteiger partial charge in [0.2, 0.25) is 17.7 Å². The van der Waals surface area contributed by atoms with E-state index in [1.54, 1.807) is 7.11 Å². The molecule has 7 N–H and O–H groups in total. The van der Waals surface area contributed by atoms with E-state index in [4.69, 9.17) is 37.9 Å². The first-order valence-electron chi connectivity index (χ1n) is 27.0. The number of carbonyl (C=O) groups excluding carboxylic acids is 6. The molecule has 75 heavy (non-hydrogen) atoms. The molecule has 6 amide bonds. The summed E-state index contributed by atoms with van der Waals surface area (Å²) in [6.07, 6.45) is 7.08. The predicted octanol–water partition coefficient (Wildman–Crippen LogP) is 3.17. The molecule has 1 aliphatic carbocycles. The topological polar surface area (TPSA) is 292 Å². The van der Waals surface area contributed by atoms with Gasteiger partial charge in [-0.3, -0.25) is 24.0 Å². The van der Waals surface area contributed by atoms with E-state index in [0.717, 1.165) is 31.4 Å². The number of carboxylic acids is 1. The molecule has 5 unspecified atom stereocenters. The molecule has 0 radical (unpaired) electrons. The first-order chi connectivity index (χ1) is 36.0. The smallest absolute Gasteiger partial charge is 0.408 e. The maximum absolute atomic E-state index is 13.2. The summed E-state index contributed by atoms with van der Waals surface area (Å²) in [5.41, 5.74) is 0.402. The van der Waals surface area contributed by atoms with E-state index in [1.807, 2.05) is 25.6 Å². The number of allylic oxidation sites excluding steroid dienone is 1. The number of thioether (sulfide) groups is 1. The second-order valence-electron chi connectivity index (χ2n) is 21.0. The number of carboxylic acid groups (broad SMARTS) is 1. The maximum atomic E-state index is 13.2. The van der Waals surface area contributed by atoms with Crippen LogP contribution in [-0.4, -0.2) is 192 Å². The summed E-state index contributed by atoms with van der Waals surface area (Å²) in [7, 11) is 1.62. The number of ether oxygens (including phenoxy) is 8. The summed E-state index contributed by atoms with van der Waals surface area (Å²) < 4.78 is 46.1. The van der Waals surface area contributed by atoms with E-state index in [9.17, 15) is 38.7 Å². The van der Waals surface area contributed by atoms with E-state index >= 15 is 0 Å². The number of hydrogen-bond donors (Lipinski definition) is 7. The highest BCUT2D eigenvalue weighted by atomic mass is 32.2. The van der Waals surface area contributed by atoms with Crippen molar-refractivity contribution >= 4 is 53.4 Å². The third-order valence-corrected chi connectivity index (χ3v) is 16.0. The molecule has 5 aliphatic rings. The molecule has 4 aliphatic heterocycles. The summed E-state index contributed by atoms with van der Waals surface area (Å²) >= 11 is 1.86. The van der Waals surface area contributed by atoms with Crippen LogP contribution in [0.2, 0.25) is 0 Å². The molecule has 0 bridgehead atoms. The molecule has 0 aromatic heterocycles. The molecule has 22 nitrogen and oxygen atoms in total. The van der Waals surface area contributed by atoms with Crippen LogP contribution in [0.25, 0.3) is 0 Å². The number of amides is 6. The summed E-state index contributed by atoms with van der Waals surface area (Å²) in [5.74, 6) is -2.24. The summed E-state index contributed by atoms with van der Waals surface area (Å²) in [4.78, 5) is 86.5. The molecule has 5 rings (SSSR count). The van der Waals surface area contributed by atoms with Gasteiger partial charge in [-0.1, -0.05) is 38.3 Å². The largest absolute Gasteiger partial charge is 0.481 e. The average Bonchev–Trinajstić information content (AvgIpc) is 4.20. The standard InChI is InChI=1S/C52H86N6O16S/c1-33(2)14-15-40-51(5,74-40)46-45(67-6)38(16-18-52(46)32-72-52)73-50(66)58-43(34(3)4)47(62)55-21-24-70-26-25-68-22-17-42(61)54-20-23-69-27-28-71-30-36(59)29-35(48(63)64)11-9-10-19-53-41(60)13-8-7-12-39-44-37(31-75-39)56-49(65)57-44/h14,34-35,37-40,43-46H,7-13,15-32H2,1-6H3,(H,53,60)(H,54,61)(H,55,62)(H,58,66)(H,63,64)(H2,56,57,65)/t35?,37?,38-,39?,40-,43-,44?,45?,46-,51+,52+/m1/s1. The molecular weight excluding hydrogens is 997 g/mol. The minimum Gasteiger partial charge on any atom is -0.481 e. The number of hydrogen-bond acceptors (Lipinski definition) is 16. The van der Waals surface area contributed by atoms with E-state index in [1.165, 1.54) is 5.57 Å². The van der Waals surface area contributed by atoms with Crippen LogP contribution in [0.15, 0.2) is 11.6 Å². The normalized spacial score (nSPS) is 27.1. The van der Waals surface area contributed by atoms with Crippen LogP contribution in [0, 0.1) is 17.8 Å². The Morgan fingerprint density at radius 1 is 0.867 bits per heavy atom. The number of alkyl carbamates (subject to hydrolysis) is 1. The number of unbranched alkanes of at least 4 members (excludes halogenated alkanes) is 2. The quantitative estimate of drug-likeness (QED) is 0.0202. The van der Waals surface area contributed by atoms with Crippen LogP contribution in [0.5, 0.6) is 0 Å². The van der Waals surface area contributed by atoms with Gasteiger partial charge in [0.15, 0.2) is 5.78 Å². The Morgan fingerprint density at radius 2 is 1.55 bits per heavy atom. The van der Waals surface area contributed by atoms with E-state index in [2.05, 4.69) is 58.7 Å². The van der Waals surface area contributed by atoms with Crippen LogP contribution < -0.4 is 31.9 Å². The fourth-order valence-electron chi connectivity index (χ4n) is 10.3. The van der Waals surface area contributed by atoms with Gasteiger partial charge in [-0.15, -0.1) is 0 Å². The Balaban J connectivity index is 0.797. The van der Waals surface area contributed by atoms with Crippen LogP contribution in [0.3, 0.4) is 0 Å². The summed E-state index contributed by atoms with van der Waals surface area (Å²) in [6.45, 7) is 12.6. The van der Waals surface area contributed by atoms with Gasteiger partial charge < -0.3 is 74.9 Å². The van der Waals surface area contributed by atoms with Crippen LogP contribution in [0.4, 0.5) is 9.59 Å². The van der Waals surface area contributed by atoms with Crippen molar-refractivity contribution in [3.8, 4) is 0 Å². The Bertz CT molecular complexity index is 1900. The molecule has 1 spiro atoms. The lowest BCUT2D eigenvalue weighted by Crippen LogP contribution is -2.57. The van der Waals surface area contributed by atoms with Crippen molar-refractivity contribution in [2.24, 2.45) is 17.8 Å². The van der Waals surface area contributed by atoms with Crippen molar-refractivity contribution in [3.05, 3.63) is 11.6 Å². The second-order valence-corrected chi connectivity index (χ2v) is 22.2. The third-order valence-electron chi connectivity index (χ3n) is 14.5. The van der Waals surface area contributed by atoms with Crippen molar-refractivity contribution in [3.63, 3.8) is 0 Å². The lowest BCUT2D eigenvalue weighted by Gasteiger charge is -2.42. The third kappa shape index (κ3) is 20.3. The second kappa shape index (κ2) is 31.3. The van der Waals surface area contributed by atoms with Gasteiger partial charge in [0, 0.05) is 57.0 Å². The Labute approximate surface area is 446 Å². The Kier molecular flexibility index (Phi) is 25.8. The van der Waals surface area contributed by atoms with Crippen LogP contribution in [-0.2, 0) is 61.9 Å². The molecule has 23 heteroatoms. The maximum Gasteiger partial charge on any atom is 0.408 e. The van der Waals surface area contributed by atoms with E-state index in [0.29, 0.717) is 56.9 Å². The van der Waals surface area contributed by atoms with Gasteiger partial charge in [-0.25, -0.2) is 9.59 Å². The molecule has 4 heterocycles. The fraction of sp³-hybridized carbons (Fsp3) is 0.827. The number of epoxide rings is 2. The number of fused-ring (bicyclic) bond motifs is 1. The number of urea groups is 1. The van der Waals surface area contributed by atoms with Crippen molar-refractivity contribution in [1.82, 2.24) is 31.9 Å². The number of carbonyl (C=O) groups is 7. The Hall–Kier alpha value is -4.10. The zero-order valence-electron chi connectivity index (χ0n) is 45.0. The number of aliphatic carboxylic acids is 1. The van der Waals surface area contributed by atoms with Gasteiger partial charge in [-0.2, -0.15) is 11.8 Å². The molecule has 11 atom stereocenters. The zero-order valence-corrected chi connectivity index (χ0v) is 45.8. The van der Waals surface area contributed by atoms with Crippen molar-refractivity contribution in [2.75, 3.05) is 92.0 Å². The number of nitrogens with one attached hydrogen (secondary N) is 6. The molecule has 0 aromatic carbocycles. The minimum atomic E-state index is -1.04. The monoisotopic (exact) mass is 1080 g/mol. The molecule has 5 fully saturated rings. The van der Waals surface area contributed by atoms with Gasteiger partial charge in [-0.05, 0) is 71.6 Å². The van der Waals surface area contributed by atoms with E-state index < -0.39 is 41.8 Å². The fourth-order valence-corrected chi connectivity index (χ4v) is 11.8. The van der Waals surface area contributed by atoms with Crippen LogP contribution >= 0.6 is 11.8 Å². The van der Waals surface area contributed by atoms with Gasteiger partial charge in [0.25, 0.3) is 0 Å². The number of Topliss-reactive ketones (excluding diaryl/α,β-unsaturated/α-hetero) is 1. The SMILES string of the molecule is COC1[C@H](OC(=O)N[C@@H](C(=O)NCCOCCOCCC(=O)NCCOCCOCC(=O)CC(CCCCNC(=O)CCCCC2SCC3NC(=O)NC32)C(=O)O)C(C)C)CC[C@]2(CO2)[C@H]1[C@@]1(C)O[C@@H]1CC=C(C)C. The highest BCUT2D eigenvalue weighted by molar-refractivity contribution is 8.00. The highest BCUT2D eigenvalue weighted by Crippen LogP contribution is 2.59. The summed E-state index contributed by atoms with van der Waals surface area (Å²) in [6, 6.07) is -0.586. The van der Waals surface area contributed by atoms with Gasteiger partial charge in [0.05, 0.1) is 82.9 Å². The first-order valence-corrected chi connectivity index (χ1v) is 28.0. The average molecular weight is 1080 g/mol. The number of rotatable bonds is 38. The minimum absolute atomic E-state index is 0.0247. The number of ketones is 1. The van der Waals surface area contributed by atoms with Crippen molar-refractivity contribution in [2.45, 2.75) is 165 Å². The summed E-state index contributed by atoms with van der Waals surface area (Å²) in [5, 5.41) is 27.1. The van der Waals surface area contributed by atoms with Gasteiger partial charge >= 0.3 is 18.1 Å². The highest BCUT2D eigenvalue weighted by Gasteiger charge is 2.72. The molecule has 4 saturated heterocycles. The zero-order chi connectivity index (χ0) is 54.4. The van der Waals surface area contributed by atoms with E-state index in [-0.39, 0.29) is 144 Å². The molecular formula is C52H86N6O16S. The number of methoxy groups -OCH3 is 1. The lowest BCUT2D eigenvalue weighted by atomic mass is 9.68. The lowest BCUT2D eigenvalue weighted by molar-refractivity contribution is -0.144. The Morgan fingerprint density at radius 3 is 2.23 bits per heavy atom. The molecule has 1 saturated carbocycles. The predicted molar refractivity (Wildman–Crippen MR) is 277 cm³/mol. The first kappa shape index (κ1) is 61.7. The van der Waals surface area contributed by atoms with Crippen LogP contribution in [0.1, 0.15) is 112 Å². The molecule has 426 valence electrons. The van der Waals surface area contributed by atoms with Gasteiger partial charge in [0.1, 0.15) is 36.1 Å². The van der Waals surface area contributed by atoms with Crippen molar-refractivity contribution < 1.29 is 76.6 Å². The van der Waals surface area contributed by atoms with Crippen molar-refractivity contribution in [1.29, 1.82) is 0 Å².